The van der Waals surface area contributed by atoms with Gasteiger partial charge in [-0.15, -0.1) is 0 Å². The van der Waals surface area contributed by atoms with E-state index in [1.165, 1.54) is 128 Å². The van der Waals surface area contributed by atoms with Gasteiger partial charge in [0.1, 0.15) is 6.61 Å². The first-order chi connectivity index (χ1) is 24.1. The molecule has 0 spiro atoms. The first-order valence-electron chi connectivity index (χ1n) is 21.1. The third kappa shape index (κ3) is 32.3. The number of ether oxygens (including phenoxy) is 3. The molecule has 0 heterocycles. The second-order valence-corrected chi connectivity index (χ2v) is 15.6. The summed E-state index contributed by atoms with van der Waals surface area (Å²) in [6.07, 6.45) is 32.8. The van der Waals surface area contributed by atoms with Crippen LogP contribution >= 0.6 is 0 Å². The van der Waals surface area contributed by atoms with Crippen LogP contribution < -0.4 is 0 Å². The van der Waals surface area contributed by atoms with Crippen molar-refractivity contribution in [3.05, 3.63) is 0 Å². The molecule has 0 aliphatic rings. The number of likely N-dealkylation sites (N-methyl/N-ethyl adjacent to an activating group) is 1. The minimum absolute atomic E-state index is 0.0425. The molecule has 0 radical (unpaired) electrons. The van der Waals surface area contributed by atoms with Gasteiger partial charge in [0, 0.05) is 19.3 Å². The summed E-state index contributed by atoms with van der Waals surface area (Å²) >= 11 is 0. The van der Waals surface area contributed by atoms with Crippen LogP contribution in [0, 0.1) is 0 Å². The lowest BCUT2D eigenvalue weighted by Gasteiger charge is -2.31. The van der Waals surface area contributed by atoms with Crippen LogP contribution in [0.1, 0.15) is 200 Å². The van der Waals surface area contributed by atoms with E-state index < -0.39 is 18.1 Å². The van der Waals surface area contributed by atoms with Crippen molar-refractivity contribution in [1.82, 2.24) is 0 Å². The molecule has 0 amide bonds. The highest BCUT2D eigenvalue weighted by molar-refractivity contribution is 5.72. The number of carboxylic acid groups (broad SMARTS) is 1. The van der Waals surface area contributed by atoms with E-state index in [-0.39, 0.29) is 36.2 Å². The molecular weight excluding hydrogens is 630 g/mol. The van der Waals surface area contributed by atoms with E-state index in [1.807, 2.05) is 21.1 Å². The largest absolute Gasteiger partial charge is 0.477 e. The van der Waals surface area contributed by atoms with Gasteiger partial charge < -0.3 is 23.8 Å². The Labute approximate surface area is 308 Å². The number of rotatable bonds is 38. The van der Waals surface area contributed by atoms with Crippen LogP contribution in [0.25, 0.3) is 0 Å². The maximum Gasteiger partial charge on any atom is 0.362 e. The van der Waals surface area contributed by atoms with E-state index in [4.69, 9.17) is 14.2 Å². The molecule has 0 bridgehead atoms. The second-order valence-electron chi connectivity index (χ2n) is 15.6. The topological polar surface area (TPSA) is 99.1 Å². The molecule has 0 saturated carbocycles. The zero-order valence-electron chi connectivity index (χ0n) is 33.6. The Kier molecular flexibility index (Phi) is 33.3. The zero-order chi connectivity index (χ0) is 37.1. The minimum Gasteiger partial charge on any atom is -0.477 e. The molecule has 296 valence electrons. The number of quaternary nitrogens is 1. The Morgan fingerprint density at radius 1 is 0.520 bits per heavy atom. The van der Waals surface area contributed by atoms with E-state index in [9.17, 15) is 19.5 Å². The molecule has 0 aromatic rings. The number of hydrogen-bond donors (Lipinski definition) is 1. The second kappa shape index (κ2) is 34.4. The third-order valence-electron chi connectivity index (χ3n) is 9.76. The summed E-state index contributed by atoms with van der Waals surface area (Å²) in [5.74, 6) is -1.45. The van der Waals surface area contributed by atoms with Gasteiger partial charge in [0.15, 0.2) is 12.1 Å². The van der Waals surface area contributed by atoms with Crippen LogP contribution in [0.15, 0.2) is 0 Å². The summed E-state index contributed by atoms with van der Waals surface area (Å²) in [7, 11) is 5.53. The van der Waals surface area contributed by atoms with E-state index in [1.54, 1.807) is 0 Å². The SMILES string of the molecule is CCCCCCCCCCCCCCCCCCC(=O)OCC(COCCC(C(=O)O)[N+](C)(C)C)OC(=O)CCCCCCCCCCCC. The minimum atomic E-state index is -0.872. The first-order valence-corrected chi connectivity index (χ1v) is 21.1. The molecule has 0 rings (SSSR count). The molecule has 0 aliphatic heterocycles. The molecule has 0 aromatic heterocycles. The summed E-state index contributed by atoms with van der Waals surface area (Å²) in [4.78, 5) is 36.8. The first kappa shape index (κ1) is 48.3. The van der Waals surface area contributed by atoms with Crippen molar-refractivity contribution in [2.45, 2.75) is 212 Å². The Morgan fingerprint density at radius 2 is 0.880 bits per heavy atom. The predicted molar refractivity (Wildman–Crippen MR) is 206 cm³/mol. The zero-order valence-corrected chi connectivity index (χ0v) is 33.6. The number of carboxylic acids is 1. The van der Waals surface area contributed by atoms with Gasteiger partial charge in [-0.25, -0.2) is 4.79 Å². The average molecular weight is 713 g/mol. The van der Waals surface area contributed by atoms with Crippen molar-refractivity contribution < 1.29 is 38.2 Å². The molecule has 50 heavy (non-hydrogen) atoms. The standard InChI is InChI=1S/C42H81NO7/c1-6-8-10-12-14-16-18-19-20-21-22-23-25-26-28-30-32-40(44)49-37-38(36-48-35-34-39(42(46)47)43(3,4)5)50-41(45)33-31-29-27-24-17-15-13-11-9-7-2/h38-39H,6-37H2,1-5H3/p+1. The van der Waals surface area contributed by atoms with Gasteiger partial charge in [-0.3, -0.25) is 9.59 Å². The van der Waals surface area contributed by atoms with Crippen molar-refractivity contribution in [2.75, 3.05) is 41.0 Å². The van der Waals surface area contributed by atoms with E-state index in [0.717, 1.165) is 38.5 Å². The van der Waals surface area contributed by atoms with Crippen molar-refractivity contribution in [3.8, 4) is 0 Å². The van der Waals surface area contributed by atoms with Gasteiger partial charge in [-0.2, -0.15) is 0 Å². The highest BCUT2D eigenvalue weighted by Gasteiger charge is 2.31. The Morgan fingerprint density at radius 3 is 1.24 bits per heavy atom. The maximum absolute atomic E-state index is 12.6. The number of esters is 2. The van der Waals surface area contributed by atoms with E-state index in [2.05, 4.69) is 13.8 Å². The fraction of sp³-hybridized carbons (Fsp3) is 0.929. The molecule has 0 aromatic carbocycles. The number of carbonyl (C=O) groups is 3. The van der Waals surface area contributed by atoms with Crippen LogP contribution in [0.3, 0.4) is 0 Å². The van der Waals surface area contributed by atoms with Crippen LogP contribution in [-0.2, 0) is 28.6 Å². The van der Waals surface area contributed by atoms with Crippen molar-refractivity contribution in [1.29, 1.82) is 0 Å². The van der Waals surface area contributed by atoms with Crippen LogP contribution in [0.4, 0.5) is 0 Å². The molecule has 0 fully saturated rings. The fourth-order valence-electron chi connectivity index (χ4n) is 6.45. The van der Waals surface area contributed by atoms with Gasteiger partial charge in [0.05, 0.1) is 34.4 Å². The molecule has 8 heteroatoms. The lowest BCUT2D eigenvalue weighted by atomic mass is 10.0. The lowest BCUT2D eigenvalue weighted by molar-refractivity contribution is -0.887. The molecule has 0 aliphatic carbocycles. The Bertz CT molecular complexity index is 797. The van der Waals surface area contributed by atoms with Crippen molar-refractivity contribution in [2.24, 2.45) is 0 Å². The van der Waals surface area contributed by atoms with Gasteiger partial charge in [-0.05, 0) is 12.8 Å². The summed E-state index contributed by atoms with van der Waals surface area (Å²) in [5.41, 5.74) is 0. The molecule has 8 nitrogen and oxygen atoms in total. The highest BCUT2D eigenvalue weighted by atomic mass is 16.6. The number of unbranched alkanes of at least 4 members (excludes halogenated alkanes) is 24. The molecule has 1 N–H and O–H groups in total. The van der Waals surface area contributed by atoms with Gasteiger partial charge in [-0.1, -0.05) is 168 Å². The number of carbonyl (C=O) groups excluding carboxylic acids is 2. The third-order valence-corrected chi connectivity index (χ3v) is 9.76. The molecular formula is C42H82NO7+. The lowest BCUT2D eigenvalue weighted by Crippen LogP contribution is -2.50. The van der Waals surface area contributed by atoms with Crippen molar-refractivity contribution in [3.63, 3.8) is 0 Å². The van der Waals surface area contributed by atoms with Crippen molar-refractivity contribution >= 4 is 17.9 Å². The van der Waals surface area contributed by atoms with Gasteiger partial charge in [0.25, 0.3) is 0 Å². The summed E-state index contributed by atoms with van der Waals surface area (Å²) in [6, 6.07) is -0.607. The quantitative estimate of drug-likeness (QED) is 0.0386. The predicted octanol–water partition coefficient (Wildman–Crippen LogP) is 11.0. The number of aliphatic carboxylic acids is 1. The summed E-state index contributed by atoms with van der Waals surface area (Å²) in [5, 5.41) is 9.59. The molecule has 2 unspecified atom stereocenters. The van der Waals surface area contributed by atoms with E-state index in [0.29, 0.717) is 19.3 Å². The highest BCUT2D eigenvalue weighted by Crippen LogP contribution is 2.16. The molecule has 2 atom stereocenters. The van der Waals surface area contributed by atoms with Gasteiger partial charge in [0.2, 0.25) is 0 Å². The smallest absolute Gasteiger partial charge is 0.362 e. The monoisotopic (exact) mass is 713 g/mol. The van der Waals surface area contributed by atoms with E-state index >= 15 is 0 Å². The summed E-state index contributed by atoms with van der Waals surface area (Å²) < 4.78 is 17.2. The summed E-state index contributed by atoms with van der Waals surface area (Å²) in [6.45, 7) is 4.75. The Balaban J connectivity index is 4.28. The average Bonchev–Trinajstić information content (AvgIpc) is 3.06. The Hall–Kier alpha value is -1.67. The van der Waals surface area contributed by atoms with Gasteiger partial charge >= 0.3 is 17.9 Å². The fourth-order valence-corrected chi connectivity index (χ4v) is 6.45. The maximum atomic E-state index is 12.6. The van der Waals surface area contributed by atoms with Crippen LogP contribution in [0.2, 0.25) is 0 Å². The normalized spacial score (nSPS) is 12.9. The number of hydrogen-bond acceptors (Lipinski definition) is 6. The van der Waals surface area contributed by atoms with Crippen LogP contribution in [-0.4, -0.2) is 80.6 Å². The number of nitrogens with zero attached hydrogens (tertiary/aromatic N) is 1. The van der Waals surface area contributed by atoms with Crippen LogP contribution in [0.5, 0.6) is 0 Å². The molecule has 0 saturated heterocycles.